The number of hydrogen-bond acceptors (Lipinski definition) is 6. The third-order valence-electron chi connectivity index (χ3n) is 3.93. The highest BCUT2D eigenvalue weighted by Gasteiger charge is 2.20. The van der Waals surface area contributed by atoms with Crippen molar-refractivity contribution < 1.29 is 5.11 Å². The van der Waals surface area contributed by atoms with Crippen molar-refractivity contribution in [1.82, 2.24) is 19.5 Å². The SMILES string of the molecule is CCn1cnc2c(Nc3cccc(C)c3)nc(NC(C)(C)CO)nc21. The van der Waals surface area contributed by atoms with Crippen LogP contribution in [0, 0.1) is 6.92 Å². The van der Waals surface area contributed by atoms with Crippen molar-refractivity contribution in [3.05, 3.63) is 36.2 Å². The van der Waals surface area contributed by atoms with E-state index in [0.717, 1.165) is 29.0 Å². The number of nitrogens with zero attached hydrogens (tertiary/aromatic N) is 4. The zero-order chi connectivity index (χ0) is 18.0. The van der Waals surface area contributed by atoms with Gasteiger partial charge in [-0.3, -0.25) is 0 Å². The number of aryl methyl sites for hydroxylation is 2. The lowest BCUT2D eigenvalue weighted by Crippen LogP contribution is -2.35. The summed E-state index contributed by atoms with van der Waals surface area (Å²) >= 11 is 0. The molecule has 0 saturated carbocycles. The smallest absolute Gasteiger partial charge is 0.227 e. The molecule has 0 aliphatic heterocycles. The highest BCUT2D eigenvalue weighted by atomic mass is 16.3. The van der Waals surface area contributed by atoms with Crippen LogP contribution in [-0.4, -0.2) is 36.8 Å². The number of fused-ring (bicyclic) bond motifs is 1. The molecule has 3 N–H and O–H groups in total. The zero-order valence-electron chi connectivity index (χ0n) is 15.0. The third kappa shape index (κ3) is 3.71. The molecule has 0 aliphatic rings. The molecule has 1 aromatic carbocycles. The summed E-state index contributed by atoms with van der Waals surface area (Å²) in [5, 5.41) is 16.0. The van der Waals surface area contributed by atoms with Crippen molar-refractivity contribution in [3.63, 3.8) is 0 Å². The standard InChI is InChI=1S/C18H24N6O/c1-5-24-11-19-14-15(20-13-8-6-7-12(2)9-13)21-17(22-16(14)24)23-18(3,4)10-25/h6-9,11,25H,5,10H2,1-4H3,(H2,20,21,22,23). The fourth-order valence-corrected chi connectivity index (χ4v) is 2.52. The van der Waals surface area contributed by atoms with Gasteiger partial charge in [0.05, 0.1) is 18.5 Å². The summed E-state index contributed by atoms with van der Waals surface area (Å²) in [7, 11) is 0. The van der Waals surface area contributed by atoms with Gasteiger partial charge < -0.3 is 20.3 Å². The molecule has 0 amide bonds. The fourth-order valence-electron chi connectivity index (χ4n) is 2.52. The maximum Gasteiger partial charge on any atom is 0.227 e. The van der Waals surface area contributed by atoms with E-state index in [2.05, 4.69) is 31.7 Å². The van der Waals surface area contributed by atoms with E-state index in [9.17, 15) is 5.11 Å². The third-order valence-corrected chi connectivity index (χ3v) is 3.93. The van der Waals surface area contributed by atoms with Crippen LogP contribution in [0.2, 0.25) is 0 Å². The summed E-state index contributed by atoms with van der Waals surface area (Å²) in [6.45, 7) is 8.62. The van der Waals surface area contributed by atoms with Crippen molar-refractivity contribution >= 4 is 28.6 Å². The Hall–Kier alpha value is -2.67. The van der Waals surface area contributed by atoms with Crippen LogP contribution < -0.4 is 10.6 Å². The number of benzene rings is 1. The Bertz CT molecular complexity index is 886. The van der Waals surface area contributed by atoms with Crippen molar-refractivity contribution in [2.24, 2.45) is 0 Å². The summed E-state index contributed by atoms with van der Waals surface area (Å²) in [4.78, 5) is 13.6. The Labute approximate surface area is 147 Å². The van der Waals surface area contributed by atoms with E-state index in [4.69, 9.17) is 0 Å². The predicted molar refractivity (Wildman–Crippen MR) is 100 cm³/mol. The largest absolute Gasteiger partial charge is 0.394 e. The summed E-state index contributed by atoms with van der Waals surface area (Å²) in [5.41, 5.74) is 3.05. The average molecular weight is 340 g/mol. The van der Waals surface area contributed by atoms with Gasteiger partial charge in [0.1, 0.15) is 0 Å². The topological polar surface area (TPSA) is 87.9 Å². The second-order valence-corrected chi connectivity index (χ2v) is 6.76. The van der Waals surface area contributed by atoms with Crippen molar-refractivity contribution in [2.45, 2.75) is 39.8 Å². The molecule has 0 unspecified atom stereocenters. The summed E-state index contributed by atoms with van der Waals surface area (Å²) < 4.78 is 1.97. The first kappa shape index (κ1) is 17.2. The Balaban J connectivity index is 2.07. The second kappa shape index (κ2) is 6.68. The molecule has 2 aromatic heterocycles. The summed E-state index contributed by atoms with van der Waals surface area (Å²) in [6.07, 6.45) is 1.77. The molecule has 3 rings (SSSR count). The van der Waals surface area contributed by atoms with E-state index in [1.807, 2.05) is 50.5 Å². The Morgan fingerprint density at radius 2 is 2.04 bits per heavy atom. The molecular weight excluding hydrogens is 316 g/mol. The van der Waals surface area contributed by atoms with Gasteiger partial charge >= 0.3 is 0 Å². The van der Waals surface area contributed by atoms with Crippen LogP contribution in [0.1, 0.15) is 26.3 Å². The average Bonchev–Trinajstić information content (AvgIpc) is 2.98. The quantitative estimate of drug-likeness (QED) is 0.639. The normalized spacial score (nSPS) is 11.7. The molecule has 0 aliphatic carbocycles. The number of rotatable bonds is 6. The van der Waals surface area contributed by atoms with E-state index in [1.165, 1.54) is 0 Å². The Morgan fingerprint density at radius 3 is 2.72 bits per heavy atom. The van der Waals surface area contributed by atoms with Crippen molar-refractivity contribution in [2.75, 3.05) is 17.2 Å². The molecule has 0 radical (unpaired) electrons. The van der Waals surface area contributed by atoms with Crippen molar-refractivity contribution in [1.29, 1.82) is 0 Å². The lowest BCUT2D eigenvalue weighted by molar-refractivity contribution is 0.233. The zero-order valence-corrected chi connectivity index (χ0v) is 15.0. The van der Waals surface area contributed by atoms with E-state index in [1.54, 1.807) is 6.33 Å². The van der Waals surface area contributed by atoms with Crippen LogP contribution >= 0.6 is 0 Å². The van der Waals surface area contributed by atoms with Gasteiger partial charge in [-0.05, 0) is 45.4 Å². The van der Waals surface area contributed by atoms with Crippen LogP contribution in [0.4, 0.5) is 17.5 Å². The summed E-state index contributed by atoms with van der Waals surface area (Å²) in [5.74, 6) is 1.09. The maximum atomic E-state index is 9.51. The molecule has 132 valence electrons. The minimum atomic E-state index is -0.522. The molecule has 3 aromatic rings. The van der Waals surface area contributed by atoms with Gasteiger partial charge in [-0.1, -0.05) is 12.1 Å². The molecule has 0 spiro atoms. The summed E-state index contributed by atoms with van der Waals surface area (Å²) in [6, 6.07) is 8.08. The minimum absolute atomic E-state index is 0.0257. The molecule has 25 heavy (non-hydrogen) atoms. The van der Waals surface area contributed by atoms with Gasteiger partial charge in [0.2, 0.25) is 5.95 Å². The van der Waals surface area contributed by atoms with Crippen LogP contribution in [-0.2, 0) is 6.54 Å². The Kier molecular flexibility index (Phi) is 4.59. The predicted octanol–water partition coefficient (Wildman–Crippen LogP) is 3.08. The molecule has 0 bridgehead atoms. The number of hydrogen-bond donors (Lipinski definition) is 3. The first-order valence-electron chi connectivity index (χ1n) is 8.37. The second-order valence-electron chi connectivity index (χ2n) is 6.76. The molecule has 0 fully saturated rings. The number of anilines is 3. The van der Waals surface area contributed by atoms with E-state index < -0.39 is 5.54 Å². The van der Waals surface area contributed by atoms with Gasteiger partial charge in [-0.15, -0.1) is 0 Å². The van der Waals surface area contributed by atoms with Crippen molar-refractivity contribution in [3.8, 4) is 0 Å². The first-order valence-corrected chi connectivity index (χ1v) is 8.37. The van der Waals surface area contributed by atoms with Crippen LogP contribution in [0.3, 0.4) is 0 Å². The highest BCUT2D eigenvalue weighted by Crippen LogP contribution is 2.25. The van der Waals surface area contributed by atoms with Gasteiger partial charge in [0.15, 0.2) is 17.0 Å². The highest BCUT2D eigenvalue weighted by molar-refractivity contribution is 5.86. The maximum absolute atomic E-state index is 9.51. The van der Waals surface area contributed by atoms with Gasteiger partial charge in [-0.2, -0.15) is 9.97 Å². The molecule has 0 saturated heterocycles. The molecule has 7 heteroatoms. The lowest BCUT2D eigenvalue weighted by atomic mass is 10.1. The van der Waals surface area contributed by atoms with Gasteiger partial charge in [-0.25, -0.2) is 4.98 Å². The van der Waals surface area contributed by atoms with E-state index in [0.29, 0.717) is 11.8 Å². The number of aromatic nitrogens is 4. The number of aliphatic hydroxyl groups excluding tert-OH is 1. The number of aliphatic hydroxyl groups is 1. The Morgan fingerprint density at radius 1 is 1.24 bits per heavy atom. The number of nitrogens with one attached hydrogen (secondary N) is 2. The molecule has 0 atom stereocenters. The van der Waals surface area contributed by atoms with Gasteiger partial charge in [0, 0.05) is 12.2 Å². The van der Waals surface area contributed by atoms with Crippen LogP contribution in [0.15, 0.2) is 30.6 Å². The van der Waals surface area contributed by atoms with Crippen LogP contribution in [0.25, 0.3) is 11.2 Å². The molecule has 2 heterocycles. The van der Waals surface area contributed by atoms with Crippen LogP contribution in [0.5, 0.6) is 0 Å². The lowest BCUT2D eigenvalue weighted by Gasteiger charge is -2.23. The molecule has 7 nitrogen and oxygen atoms in total. The van der Waals surface area contributed by atoms with Gasteiger partial charge in [0.25, 0.3) is 0 Å². The van der Waals surface area contributed by atoms with E-state index in [-0.39, 0.29) is 6.61 Å². The first-order chi connectivity index (χ1) is 11.9. The minimum Gasteiger partial charge on any atom is -0.394 e. The fraction of sp³-hybridized carbons (Fsp3) is 0.389. The van der Waals surface area contributed by atoms with E-state index >= 15 is 0 Å². The monoisotopic (exact) mass is 340 g/mol. The molecular formula is C18H24N6O. The number of imidazole rings is 1.